The van der Waals surface area contributed by atoms with E-state index in [-0.39, 0.29) is 59.2 Å². The van der Waals surface area contributed by atoms with Crippen molar-refractivity contribution in [2.75, 3.05) is 18.1 Å². The normalized spacial score (nSPS) is 20.0. The smallest absolute Gasteiger partial charge is 0.338 e. The Bertz CT molecular complexity index is 1720. The molecule has 0 saturated heterocycles. The minimum atomic E-state index is -1.35. The molecule has 3 aromatic rings. The van der Waals surface area contributed by atoms with E-state index in [2.05, 4.69) is 0 Å². The van der Waals surface area contributed by atoms with Crippen molar-refractivity contribution in [2.24, 2.45) is 11.7 Å². The maximum atomic E-state index is 15.4. The van der Waals surface area contributed by atoms with Crippen molar-refractivity contribution < 1.29 is 37.6 Å². The quantitative estimate of drug-likeness (QED) is 0.150. The SMILES string of the molecule is CCOC(=O)C1=C(N)N(c2ccc(F)cc2F)C2=C(C(=O)[C@@H](C(=O)OCC)[C@H](c3cccs3)C2)[C@@H]1c1cccc([N+](=O)[O-])c1. The standard InChI is InChI=1S/C31H27F2N3O7S/c1-3-42-30(38)25-19(23-9-6-12-44-23)15-22-26(28(25)37)24(16-7-5-8-18(13-16)36(40)41)27(31(39)43-4-2)29(34)35(22)21-11-10-17(32)14-20(21)33/h5-14,19,24-25H,3-4,15,34H2,1-2H3/t19-,24-,25-/m0/s1. The van der Waals surface area contributed by atoms with Crippen LogP contribution in [-0.2, 0) is 23.9 Å². The van der Waals surface area contributed by atoms with Crippen molar-refractivity contribution >= 4 is 40.4 Å². The first-order valence-corrected chi connectivity index (χ1v) is 14.6. The first kappa shape index (κ1) is 30.5. The Hall–Kier alpha value is -4.91. The summed E-state index contributed by atoms with van der Waals surface area (Å²) in [6, 6.07) is 11.6. The summed E-state index contributed by atoms with van der Waals surface area (Å²) in [5.74, 6) is -8.09. The third kappa shape index (κ3) is 5.34. The van der Waals surface area contributed by atoms with Gasteiger partial charge in [0.2, 0.25) is 0 Å². The van der Waals surface area contributed by atoms with Gasteiger partial charge >= 0.3 is 11.9 Å². The van der Waals surface area contributed by atoms with Crippen LogP contribution in [0.15, 0.2) is 82.6 Å². The van der Waals surface area contributed by atoms with Crippen LogP contribution in [0, 0.1) is 27.7 Å². The predicted molar refractivity (Wildman–Crippen MR) is 156 cm³/mol. The zero-order chi connectivity index (χ0) is 31.7. The Balaban J connectivity index is 1.85. The topological polar surface area (TPSA) is 142 Å². The number of ketones is 1. The van der Waals surface area contributed by atoms with Gasteiger partial charge in [-0.05, 0) is 49.4 Å². The number of nitrogens with two attached hydrogens (primary N) is 1. The Kier molecular flexibility index (Phi) is 8.59. The Labute approximate surface area is 254 Å². The average molecular weight is 624 g/mol. The number of halogens is 2. The van der Waals surface area contributed by atoms with Crippen molar-refractivity contribution in [3.63, 3.8) is 0 Å². The van der Waals surface area contributed by atoms with Gasteiger partial charge in [0.25, 0.3) is 5.69 Å². The summed E-state index contributed by atoms with van der Waals surface area (Å²) in [7, 11) is 0. The number of hydrogen-bond donors (Lipinski definition) is 1. The number of non-ortho nitro benzene ring substituents is 1. The van der Waals surface area contributed by atoms with Gasteiger partial charge in [0.1, 0.15) is 23.4 Å². The van der Waals surface area contributed by atoms with Crippen LogP contribution in [0.5, 0.6) is 0 Å². The molecule has 5 rings (SSSR count). The molecule has 10 nitrogen and oxygen atoms in total. The number of thiophene rings is 1. The summed E-state index contributed by atoms with van der Waals surface area (Å²) in [6.45, 7) is 3.06. The lowest BCUT2D eigenvalue weighted by molar-refractivity contribution is -0.384. The molecule has 2 N–H and O–H groups in total. The van der Waals surface area contributed by atoms with Gasteiger partial charge in [-0.25, -0.2) is 13.6 Å². The molecule has 1 aliphatic heterocycles. The number of benzene rings is 2. The van der Waals surface area contributed by atoms with E-state index in [9.17, 15) is 28.9 Å². The first-order valence-electron chi connectivity index (χ1n) is 13.7. The zero-order valence-corrected chi connectivity index (χ0v) is 24.4. The molecule has 0 saturated carbocycles. The molecule has 0 amide bonds. The van der Waals surface area contributed by atoms with Crippen LogP contribution in [0.25, 0.3) is 0 Å². The molecule has 2 aromatic carbocycles. The lowest BCUT2D eigenvalue weighted by Crippen LogP contribution is -2.46. The fourth-order valence-corrected chi connectivity index (χ4v) is 6.66. The van der Waals surface area contributed by atoms with Crippen molar-refractivity contribution in [3.8, 4) is 0 Å². The van der Waals surface area contributed by atoms with Gasteiger partial charge in [-0.2, -0.15) is 0 Å². The minimum absolute atomic E-state index is 0.00612. The summed E-state index contributed by atoms with van der Waals surface area (Å²) >= 11 is 1.31. The highest BCUT2D eigenvalue weighted by molar-refractivity contribution is 7.10. The molecule has 2 aliphatic rings. The van der Waals surface area contributed by atoms with Crippen molar-refractivity contribution in [1.82, 2.24) is 0 Å². The van der Waals surface area contributed by atoms with E-state index >= 15 is 4.39 Å². The highest BCUT2D eigenvalue weighted by Gasteiger charge is 2.52. The fourth-order valence-electron chi connectivity index (χ4n) is 5.80. The number of nitro benzene ring substituents is 1. The number of hydrogen-bond acceptors (Lipinski definition) is 10. The lowest BCUT2D eigenvalue weighted by Gasteiger charge is -2.43. The molecule has 3 atom stereocenters. The molecule has 0 unspecified atom stereocenters. The number of allylic oxidation sites excluding steroid dienone is 2. The van der Waals surface area contributed by atoms with E-state index < -0.39 is 52.0 Å². The molecule has 2 heterocycles. The number of carbonyl (C=O) groups is 3. The summed E-state index contributed by atoms with van der Waals surface area (Å²) in [5.41, 5.74) is 6.01. The van der Waals surface area contributed by atoms with Gasteiger partial charge in [-0.15, -0.1) is 11.3 Å². The number of anilines is 1. The molecule has 0 fully saturated rings. The molecule has 1 aliphatic carbocycles. The van der Waals surface area contributed by atoms with Gasteiger partial charge < -0.3 is 15.2 Å². The third-order valence-electron chi connectivity index (χ3n) is 7.55. The number of esters is 2. The van der Waals surface area contributed by atoms with Gasteiger partial charge in [-0.1, -0.05) is 18.2 Å². The van der Waals surface area contributed by atoms with Gasteiger partial charge in [0.05, 0.1) is 35.3 Å². The second kappa shape index (κ2) is 12.4. The number of nitrogens with zero attached hydrogens (tertiary/aromatic N) is 2. The van der Waals surface area contributed by atoms with Crippen LogP contribution in [-0.4, -0.2) is 35.9 Å². The predicted octanol–water partition coefficient (Wildman–Crippen LogP) is 5.46. The summed E-state index contributed by atoms with van der Waals surface area (Å²) in [5, 5.41) is 13.5. The van der Waals surface area contributed by atoms with Crippen LogP contribution in [0.2, 0.25) is 0 Å². The highest BCUT2D eigenvalue weighted by Crippen LogP contribution is 2.52. The zero-order valence-electron chi connectivity index (χ0n) is 23.6. The molecular weight excluding hydrogens is 596 g/mol. The monoisotopic (exact) mass is 623 g/mol. The van der Waals surface area contributed by atoms with Gasteiger partial charge in [0, 0.05) is 40.3 Å². The lowest BCUT2D eigenvalue weighted by atomic mass is 9.68. The fraction of sp³-hybridized carbons (Fsp3) is 0.258. The van der Waals surface area contributed by atoms with Gasteiger partial charge in [0.15, 0.2) is 5.78 Å². The molecule has 0 bridgehead atoms. The summed E-state index contributed by atoms with van der Waals surface area (Å²) < 4.78 is 40.1. The van der Waals surface area contributed by atoms with E-state index in [0.717, 1.165) is 12.1 Å². The molecule has 0 spiro atoms. The Morgan fingerprint density at radius 1 is 1.09 bits per heavy atom. The van der Waals surface area contributed by atoms with Crippen molar-refractivity contribution in [3.05, 3.63) is 115 Å². The van der Waals surface area contributed by atoms with E-state index in [4.69, 9.17) is 15.2 Å². The summed E-state index contributed by atoms with van der Waals surface area (Å²) in [6.07, 6.45) is -0.0376. The average Bonchev–Trinajstić information content (AvgIpc) is 3.52. The second-order valence-corrected chi connectivity index (χ2v) is 11.0. The number of Topliss-reactive ketones (excluding diaryl/α,β-unsaturated/α-hetero) is 1. The molecule has 228 valence electrons. The largest absolute Gasteiger partial charge is 0.465 e. The molecule has 1 aromatic heterocycles. The second-order valence-electron chi connectivity index (χ2n) is 10.0. The van der Waals surface area contributed by atoms with Crippen LogP contribution in [0.4, 0.5) is 20.2 Å². The first-order chi connectivity index (χ1) is 21.1. The number of rotatable bonds is 8. The van der Waals surface area contributed by atoms with E-state index in [1.165, 1.54) is 40.5 Å². The summed E-state index contributed by atoms with van der Waals surface area (Å²) in [4.78, 5) is 54.6. The van der Waals surface area contributed by atoms with E-state index in [1.54, 1.807) is 31.4 Å². The number of nitro groups is 1. The van der Waals surface area contributed by atoms with Crippen LogP contribution in [0.3, 0.4) is 0 Å². The maximum Gasteiger partial charge on any atom is 0.338 e. The number of ether oxygens (including phenoxy) is 2. The van der Waals surface area contributed by atoms with Crippen LogP contribution in [0.1, 0.15) is 42.5 Å². The van der Waals surface area contributed by atoms with Crippen molar-refractivity contribution in [1.29, 1.82) is 0 Å². The molecular formula is C31H27F2N3O7S. The molecule has 0 radical (unpaired) electrons. The highest BCUT2D eigenvalue weighted by atomic mass is 32.1. The van der Waals surface area contributed by atoms with Crippen molar-refractivity contribution in [2.45, 2.75) is 32.1 Å². The Morgan fingerprint density at radius 3 is 2.48 bits per heavy atom. The van der Waals surface area contributed by atoms with E-state index in [1.807, 2.05) is 0 Å². The van der Waals surface area contributed by atoms with Gasteiger partial charge in [-0.3, -0.25) is 24.6 Å². The maximum absolute atomic E-state index is 15.4. The van der Waals surface area contributed by atoms with Crippen LogP contribution < -0.4 is 10.6 Å². The third-order valence-corrected chi connectivity index (χ3v) is 8.55. The number of carbonyl (C=O) groups excluding carboxylic acids is 3. The molecule has 13 heteroatoms. The minimum Gasteiger partial charge on any atom is -0.465 e. The van der Waals surface area contributed by atoms with E-state index in [0.29, 0.717) is 10.9 Å². The van der Waals surface area contributed by atoms with Crippen LogP contribution >= 0.6 is 11.3 Å². The Morgan fingerprint density at radius 2 is 1.84 bits per heavy atom. The molecule has 44 heavy (non-hydrogen) atoms.